The van der Waals surface area contributed by atoms with Crippen molar-refractivity contribution < 1.29 is 13.2 Å². The summed E-state index contributed by atoms with van der Waals surface area (Å²) in [4.78, 5) is 12.1. The fraction of sp³-hybridized carbons (Fsp3) is 0.700. The van der Waals surface area contributed by atoms with Crippen LogP contribution in [-0.2, 0) is 6.18 Å². The zero-order valence-electron chi connectivity index (χ0n) is 10.1. The molecule has 100 valence electrons. The minimum absolute atomic E-state index is 0.00558. The number of hydrogen-bond acceptors (Lipinski definition) is 5. The Bertz CT molecular complexity index is 438. The normalized spacial score (nSPS) is 24.6. The Kier molecular flexibility index (Phi) is 3.04. The number of halogens is 3. The summed E-state index contributed by atoms with van der Waals surface area (Å²) in [6, 6.07) is 0. The zero-order chi connectivity index (χ0) is 13.5. The summed E-state index contributed by atoms with van der Waals surface area (Å²) >= 11 is 0. The fourth-order valence-corrected chi connectivity index (χ4v) is 1.94. The molecular formula is C10H14F3N5. The first-order valence-electron chi connectivity index (χ1n) is 5.61. The van der Waals surface area contributed by atoms with Gasteiger partial charge in [-0.3, -0.25) is 0 Å². The summed E-state index contributed by atoms with van der Waals surface area (Å²) in [5.41, 5.74) is 5.30. The fourth-order valence-electron chi connectivity index (χ4n) is 1.94. The van der Waals surface area contributed by atoms with Crippen LogP contribution in [0.5, 0.6) is 0 Å². The molecule has 0 radical (unpaired) electrons. The van der Waals surface area contributed by atoms with Gasteiger partial charge in [-0.05, 0) is 11.8 Å². The third kappa shape index (κ3) is 2.46. The Labute approximate surface area is 102 Å². The van der Waals surface area contributed by atoms with E-state index in [1.165, 1.54) is 0 Å². The van der Waals surface area contributed by atoms with E-state index in [0.29, 0.717) is 24.9 Å². The molecule has 1 fully saturated rings. The molecule has 2 rings (SSSR count). The third-order valence-corrected chi connectivity index (χ3v) is 3.17. The number of nitrogen functional groups attached to an aromatic ring is 1. The molecule has 18 heavy (non-hydrogen) atoms. The summed E-state index contributed by atoms with van der Waals surface area (Å²) in [6.07, 6.45) is -4.61. The van der Waals surface area contributed by atoms with E-state index in [0.717, 1.165) is 0 Å². The summed E-state index contributed by atoms with van der Waals surface area (Å²) in [5.74, 6) is -0.864. The minimum atomic E-state index is -4.61. The number of nitrogens with zero attached hydrogens (tertiary/aromatic N) is 4. The Morgan fingerprint density at radius 3 is 2.17 bits per heavy atom. The van der Waals surface area contributed by atoms with Crippen molar-refractivity contribution in [1.29, 1.82) is 0 Å². The minimum Gasteiger partial charge on any atom is -0.368 e. The van der Waals surface area contributed by atoms with Crippen LogP contribution in [-0.4, -0.2) is 28.0 Å². The molecule has 0 saturated carbocycles. The van der Waals surface area contributed by atoms with Gasteiger partial charge in [-0.2, -0.15) is 28.1 Å². The van der Waals surface area contributed by atoms with Crippen molar-refractivity contribution in [3.63, 3.8) is 0 Å². The molecule has 8 heteroatoms. The Hall–Kier alpha value is -1.60. The molecule has 1 saturated heterocycles. The number of anilines is 2. The molecule has 1 aliphatic rings. The van der Waals surface area contributed by atoms with Crippen molar-refractivity contribution in [2.45, 2.75) is 20.0 Å². The largest absolute Gasteiger partial charge is 0.451 e. The molecule has 2 unspecified atom stereocenters. The van der Waals surface area contributed by atoms with E-state index in [1.54, 1.807) is 4.90 Å². The van der Waals surface area contributed by atoms with Crippen molar-refractivity contribution in [3.8, 4) is 0 Å². The Morgan fingerprint density at radius 2 is 1.67 bits per heavy atom. The zero-order valence-corrected chi connectivity index (χ0v) is 10.1. The van der Waals surface area contributed by atoms with Gasteiger partial charge in [0.2, 0.25) is 17.7 Å². The first kappa shape index (κ1) is 12.8. The number of hydrogen-bond donors (Lipinski definition) is 1. The molecule has 1 aromatic rings. The predicted octanol–water partition coefficient (Wildman–Crippen LogP) is 1.56. The van der Waals surface area contributed by atoms with Crippen molar-refractivity contribution in [2.75, 3.05) is 23.7 Å². The SMILES string of the molecule is CC1CN(c2nc(N)nc(C(F)(F)F)n2)CC1C. The van der Waals surface area contributed by atoms with Crippen molar-refractivity contribution in [3.05, 3.63) is 5.82 Å². The van der Waals surface area contributed by atoms with E-state index in [-0.39, 0.29) is 5.95 Å². The van der Waals surface area contributed by atoms with Crippen LogP contribution in [0.1, 0.15) is 19.7 Å². The topological polar surface area (TPSA) is 67.9 Å². The van der Waals surface area contributed by atoms with Gasteiger partial charge in [0.15, 0.2) is 0 Å². The highest BCUT2D eigenvalue weighted by atomic mass is 19.4. The molecule has 1 aromatic heterocycles. The average Bonchev–Trinajstić information content (AvgIpc) is 2.57. The van der Waals surface area contributed by atoms with Crippen LogP contribution in [0.15, 0.2) is 0 Å². The second-order valence-electron chi connectivity index (χ2n) is 4.67. The van der Waals surface area contributed by atoms with Crippen LogP contribution in [0.25, 0.3) is 0 Å². The number of rotatable bonds is 1. The molecule has 2 heterocycles. The average molecular weight is 261 g/mol. The van der Waals surface area contributed by atoms with E-state index >= 15 is 0 Å². The van der Waals surface area contributed by atoms with Crippen LogP contribution < -0.4 is 10.6 Å². The summed E-state index contributed by atoms with van der Waals surface area (Å²) in [5, 5.41) is 0. The quantitative estimate of drug-likeness (QED) is 0.831. The maximum atomic E-state index is 12.6. The highest BCUT2D eigenvalue weighted by molar-refractivity contribution is 5.36. The highest BCUT2D eigenvalue weighted by Gasteiger charge is 2.37. The lowest BCUT2D eigenvalue weighted by Gasteiger charge is -2.17. The molecule has 0 aromatic carbocycles. The maximum absolute atomic E-state index is 12.6. The molecule has 0 spiro atoms. The number of nitrogens with two attached hydrogens (primary N) is 1. The lowest BCUT2D eigenvalue weighted by atomic mass is 10.0. The molecule has 1 aliphatic heterocycles. The lowest BCUT2D eigenvalue weighted by Crippen LogP contribution is -2.25. The van der Waals surface area contributed by atoms with Gasteiger partial charge in [-0.1, -0.05) is 13.8 Å². The molecule has 0 amide bonds. The first-order valence-corrected chi connectivity index (χ1v) is 5.61. The third-order valence-electron chi connectivity index (χ3n) is 3.17. The van der Waals surface area contributed by atoms with Gasteiger partial charge in [0, 0.05) is 13.1 Å². The molecule has 2 atom stereocenters. The van der Waals surface area contributed by atoms with Crippen LogP contribution in [0.2, 0.25) is 0 Å². The van der Waals surface area contributed by atoms with Gasteiger partial charge in [0.05, 0.1) is 0 Å². The molecule has 0 bridgehead atoms. The second-order valence-corrected chi connectivity index (χ2v) is 4.67. The Morgan fingerprint density at radius 1 is 1.11 bits per heavy atom. The molecule has 5 nitrogen and oxygen atoms in total. The second kappa shape index (κ2) is 4.25. The van der Waals surface area contributed by atoms with Crippen molar-refractivity contribution in [1.82, 2.24) is 15.0 Å². The van der Waals surface area contributed by atoms with Gasteiger partial charge in [0.25, 0.3) is 0 Å². The smallest absolute Gasteiger partial charge is 0.368 e. The van der Waals surface area contributed by atoms with Crippen molar-refractivity contribution in [2.24, 2.45) is 11.8 Å². The maximum Gasteiger partial charge on any atom is 0.451 e. The van der Waals surface area contributed by atoms with Gasteiger partial charge in [-0.25, -0.2) is 0 Å². The number of aromatic nitrogens is 3. The van der Waals surface area contributed by atoms with Crippen LogP contribution in [0, 0.1) is 11.8 Å². The highest BCUT2D eigenvalue weighted by Crippen LogP contribution is 2.30. The van der Waals surface area contributed by atoms with Gasteiger partial charge in [0.1, 0.15) is 0 Å². The first-order chi connectivity index (χ1) is 8.27. The van der Waals surface area contributed by atoms with Crippen molar-refractivity contribution >= 4 is 11.9 Å². The predicted molar refractivity (Wildman–Crippen MR) is 59.8 cm³/mol. The van der Waals surface area contributed by atoms with E-state index in [9.17, 15) is 13.2 Å². The summed E-state index contributed by atoms with van der Waals surface area (Å²) in [6.45, 7) is 5.34. The standard InChI is InChI=1S/C10H14F3N5/c1-5-3-18(4-6(5)2)9-16-7(10(11,12)13)15-8(14)17-9/h5-6H,3-4H2,1-2H3,(H2,14,15,16,17). The van der Waals surface area contributed by atoms with Gasteiger partial charge in [-0.15, -0.1) is 0 Å². The number of alkyl halides is 3. The summed E-state index contributed by atoms with van der Waals surface area (Å²) < 4.78 is 37.7. The van der Waals surface area contributed by atoms with Crippen LogP contribution >= 0.6 is 0 Å². The van der Waals surface area contributed by atoms with Gasteiger partial charge >= 0.3 is 6.18 Å². The van der Waals surface area contributed by atoms with Gasteiger partial charge < -0.3 is 10.6 Å². The molecule has 2 N–H and O–H groups in total. The molecule has 0 aliphatic carbocycles. The Balaban J connectivity index is 2.32. The van der Waals surface area contributed by atoms with E-state index in [4.69, 9.17) is 5.73 Å². The van der Waals surface area contributed by atoms with Crippen LogP contribution in [0.3, 0.4) is 0 Å². The molecular weight excluding hydrogens is 247 g/mol. The summed E-state index contributed by atoms with van der Waals surface area (Å²) in [7, 11) is 0. The van der Waals surface area contributed by atoms with E-state index < -0.39 is 17.9 Å². The van der Waals surface area contributed by atoms with E-state index in [1.807, 2.05) is 13.8 Å². The monoisotopic (exact) mass is 261 g/mol. The lowest BCUT2D eigenvalue weighted by molar-refractivity contribution is -0.144. The van der Waals surface area contributed by atoms with Crippen LogP contribution in [0.4, 0.5) is 25.1 Å². The van der Waals surface area contributed by atoms with E-state index in [2.05, 4.69) is 15.0 Å².